The SMILES string of the molecule is Nc1ccc(Oc2cc(N)cc(C(F)(F)F)c2)cc1. The number of ether oxygens (including phenoxy) is 1. The molecule has 0 unspecified atom stereocenters. The Kier molecular flexibility index (Phi) is 3.25. The van der Waals surface area contributed by atoms with Crippen LogP contribution < -0.4 is 16.2 Å². The molecule has 0 aliphatic carbocycles. The Bertz CT molecular complexity index is 579. The highest BCUT2D eigenvalue weighted by Crippen LogP contribution is 2.34. The largest absolute Gasteiger partial charge is 0.457 e. The molecule has 4 N–H and O–H groups in total. The molecule has 0 bridgehead atoms. The molecular formula is C13H11F3N2O. The highest BCUT2D eigenvalue weighted by atomic mass is 19.4. The number of nitrogen functional groups attached to an aromatic ring is 2. The second kappa shape index (κ2) is 4.72. The van der Waals surface area contributed by atoms with Gasteiger partial charge in [0.05, 0.1) is 5.56 Å². The minimum atomic E-state index is -4.46. The summed E-state index contributed by atoms with van der Waals surface area (Å²) >= 11 is 0. The molecule has 0 spiro atoms. The molecule has 0 amide bonds. The second-order valence-electron chi connectivity index (χ2n) is 3.96. The van der Waals surface area contributed by atoms with E-state index < -0.39 is 11.7 Å². The fraction of sp³-hybridized carbons (Fsp3) is 0.0769. The molecular weight excluding hydrogens is 257 g/mol. The summed E-state index contributed by atoms with van der Waals surface area (Å²) in [4.78, 5) is 0. The van der Waals surface area contributed by atoms with Crippen molar-refractivity contribution in [2.24, 2.45) is 0 Å². The number of alkyl halides is 3. The minimum absolute atomic E-state index is 0.0136. The molecule has 100 valence electrons. The maximum absolute atomic E-state index is 12.6. The highest BCUT2D eigenvalue weighted by molar-refractivity contribution is 5.50. The summed E-state index contributed by atoms with van der Waals surface area (Å²) in [5.74, 6) is 0.407. The number of rotatable bonds is 2. The van der Waals surface area contributed by atoms with E-state index in [-0.39, 0.29) is 11.4 Å². The number of anilines is 2. The van der Waals surface area contributed by atoms with Crippen LogP contribution in [0.5, 0.6) is 11.5 Å². The third-order valence-electron chi connectivity index (χ3n) is 2.37. The summed E-state index contributed by atoms with van der Waals surface area (Å²) in [6, 6.07) is 9.38. The predicted octanol–water partition coefficient (Wildman–Crippen LogP) is 3.66. The van der Waals surface area contributed by atoms with Crippen LogP contribution in [0.1, 0.15) is 5.56 Å². The number of halogens is 3. The third kappa shape index (κ3) is 3.31. The quantitative estimate of drug-likeness (QED) is 0.817. The van der Waals surface area contributed by atoms with Gasteiger partial charge in [0, 0.05) is 17.4 Å². The minimum Gasteiger partial charge on any atom is -0.457 e. The molecule has 2 rings (SSSR count). The van der Waals surface area contributed by atoms with Crippen LogP contribution in [0.3, 0.4) is 0 Å². The topological polar surface area (TPSA) is 61.3 Å². The van der Waals surface area contributed by atoms with Crippen molar-refractivity contribution in [3.63, 3.8) is 0 Å². The lowest BCUT2D eigenvalue weighted by Crippen LogP contribution is -2.06. The van der Waals surface area contributed by atoms with Gasteiger partial charge in [0.15, 0.2) is 0 Å². The van der Waals surface area contributed by atoms with Gasteiger partial charge in [-0.3, -0.25) is 0 Å². The van der Waals surface area contributed by atoms with Crippen molar-refractivity contribution in [1.82, 2.24) is 0 Å². The number of hydrogen-bond donors (Lipinski definition) is 2. The van der Waals surface area contributed by atoms with Gasteiger partial charge in [-0.2, -0.15) is 13.2 Å². The lowest BCUT2D eigenvalue weighted by Gasteiger charge is -2.11. The molecule has 0 aromatic heterocycles. The van der Waals surface area contributed by atoms with Gasteiger partial charge in [0.25, 0.3) is 0 Å². The Morgan fingerprint density at radius 3 is 2.00 bits per heavy atom. The first-order chi connectivity index (χ1) is 8.84. The van der Waals surface area contributed by atoms with E-state index in [2.05, 4.69) is 0 Å². The van der Waals surface area contributed by atoms with Crippen LogP contribution in [-0.4, -0.2) is 0 Å². The van der Waals surface area contributed by atoms with Crippen molar-refractivity contribution < 1.29 is 17.9 Å². The van der Waals surface area contributed by atoms with Gasteiger partial charge in [0.1, 0.15) is 11.5 Å². The van der Waals surface area contributed by atoms with Crippen LogP contribution in [0.25, 0.3) is 0 Å². The molecule has 6 heteroatoms. The molecule has 0 aliphatic rings. The lowest BCUT2D eigenvalue weighted by atomic mass is 10.2. The molecule has 0 saturated carbocycles. The Labute approximate surface area is 107 Å². The van der Waals surface area contributed by atoms with E-state index >= 15 is 0 Å². The van der Waals surface area contributed by atoms with E-state index in [1.54, 1.807) is 24.3 Å². The zero-order valence-electron chi connectivity index (χ0n) is 9.74. The normalized spacial score (nSPS) is 11.3. The van der Waals surface area contributed by atoms with E-state index in [1.165, 1.54) is 6.07 Å². The molecule has 0 aliphatic heterocycles. The van der Waals surface area contributed by atoms with Crippen LogP contribution in [0.15, 0.2) is 42.5 Å². The van der Waals surface area contributed by atoms with Crippen LogP contribution in [-0.2, 0) is 6.18 Å². The van der Waals surface area contributed by atoms with Crippen molar-refractivity contribution in [2.45, 2.75) is 6.18 Å². The summed E-state index contributed by atoms with van der Waals surface area (Å²) in [6.45, 7) is 0. The van der Waals surface area contributed by atoms with E-state index in [0.29, 0.717) is 11.4 Å². The molecule has 0 fully saturated rings. The average molecular weight is 268 g/mol. The van der Waals surface area contributed by atoms with Crippen LogP contribution in [0.4, 0.5) is 24.5 Å². The van der Waals surface area contributed by atoms with Crippen molar-refractivity contribution in [2.75, 3.05) is 11.5 Å². The average Bonchev–Trinajstić information content (AvgIpc) is 2.30. The van der Waals surface area contributed by atoms with Gasteiger partial charge in [0.2, 0.25) is 0 Å². The molecule has 0 atom stereocenters. The zero-order valence-corrected chi connectivity index (χ0v) is 9.74. The number of hydrogen-bond acceptors (Lipinski definition) is 3. The van der Waals surface area contributed by atoms with Crippen LogP contribution in [0, 0.1) is 0 Å². The first kappa shape index (κ1) is 13.1. The Balaban J connectivity index is 2.30. The highest BCUT2D eigenvalue weighted by Gasteiger charge is 2.31. The van der Waals surface area contributed by atoms with E-state index in [9.17, 15) is 13.2 Å². The van der Waals surface area contributed by atoms with Crippen LogP contribution >= 0.6 is 0 Å². The molecule has 0 heterocycles. The molecule has 3 nitrogen and oxygen atoms in total. The molecule has 0 radical (unpaired) electrons. The third-order valence-corrected chi connectivity index (χ3v) is 2.37. The summed E-state index contributed by atoms with van der Waals surface area (Å²) in [6.07, 6.45) is -4.46. The predicted molar refractivity (Wildman–Crippen MR) is 66.8 cm³/mol. The summed E-state index contributed by atoms with van der Waals surface area (Å²) in [5, 5.41) is 0. The first-order valence-electron chi connectivity index (χ1n) is 5.36. The number of nitrogens with two attached hydrogens (primary N) is 2. The van der Waals surface area contributed by atoms with E-state index in [0.717, 1.165) is 12.1 Å². The molecule has 0 saturated heterocycles. The Morgan fingerprint density at radius 1 is 0.789 bits per heavy atom. The summed E-state index contributed by atoms with van der Waals surface area (Å²) < 4.78 is 43.2. The maximum atomic E-state index is 12.6. The Morgan fingerprint density at radius 2 is 1.42 bits per heavy atom. The lowest BCUT2D eigenvalue weighted by molar-refractivity contribution is -0.137. The van der Waals surface area contributed by atoms with Gasteiger partial charge in [-0.05, 0) is 36.4 Å². The van der Waals surface area contributed by atoms with Crippen LogP contribution in [0.2, 0.25) is 0 Å². The van der Waals surface area contributed by atoms with Gasteiger partial charge in [-0.25, -0.2) is 0 Å². The van der Waals surface area contributed by atoms with Crippen molar-refractivity contribution in [3.05, 3.63) is 48.0 Å². The molecule has 2 aromatic rings. The molecule has 2 aromatic carbocycles. The monoisotopic (exact) mass is 268 g/mol. The van der Waals surface area contributed by atoms with Crippen molar-refractivity contribution >= 4 is 11.4 Å². The second-order valence-corrected chi connectivity index (χ2v) is 3.96. The molecule has 19 heavy (non-hydrogen) atoms. The fourth-order valence-corrected chi connectivity index (χ4v) is 1.52. The smallest absolute Gasteiger partial charge is 0.416 e. The van der Waals surface area contributed by atoms with Gasteiger partial charge >= 0.3 is 6.18 Å². The van der Waals surface area contributed by atoms with Gasteiger partial charge < -0.3 is 16.2 Å². The standard InChI is InChI=1S/C13H11F3N2O/c14-13(15,16)8-5-10(18)7-12(6-8)19-11-3-1-9(17)2-4-11/h1-7H,17-18H2. The Hall–Kier alpha value is -2.37. The van der Waals surface area contributed by atoms with E-state index in [4.69, 9.17) is 16.2 Å². The summed E-state index contributed by atoms with van der Waals surface area (Å²) in [5.41, 5.74) is 10.6. The number of benzene rings is 2. The fourth-order valence-electron chi connectivity index (χ4n) is 1.52. The van der Waals surface area contributed by atoms with Gasteiger partial charge in [-0.15, -0.1) is 0 Å². The van der Waals surface area contributed by atoms with Crippen molar-refractivity contribution in [3.8, 4) is 11.5 Å². The van der Waals surface area contributed by atoms with Crippen molar-refractivity contribution in [1.29, 1.82) is 0 Å². The summed E-state index contributed by atoms with van der Waals surface area (Å²) in [7, 11) is 0. The maximum Gasteiger partial charge on any atom is 0.416 e. The first-order valence-corrected chi connectivity index (χ1v) is 5.36. The van der Waals surface area contributed by atoms with E-state index in [1.807, 2.05) is 0 Å². The zero-order chi connectivity index (χ0) is 14.0. The van der Waals surface area contributed by atoms with Gasteiger partial charge in [-0.1, -0.05) is 0 Å².